The number of ether oxygens (including phenoxy) is 1. The molecule has 0 saturated carbocycles. The van der Waals surface area contributed by atoms with Crippen molar-refractivity contribution in [3.8, 4) is 11.3 Å². The molecule has 0 aliphatic rings. The summed E-state index contributed by atoms with van der Waals surface area (Å²) in [4.78, 5) is 29.4. The molecule has 6 aromatic rings. The van der Waals surface area contributed by atoms with E-state index in [2.05, 4.69) is 33.1 Å². The molecule has 4 aromatic carbocycles. The van der Waals surface area contributed by atoms with Crippen LogP contribution in [0, 0.1) is 0 Å². The second-order valence-electron chi connectivity index (χ2n) is 11.7. The quantitative estimate of drug-likeness (QED) is 0.162. The standard InChI is InChI=1S/C37H34N4O4/c1-37(2,3)45-36(43)39-20-18-24-14-16-25(17-15-24)35(42)41-27-9-6-8-26(22-27)40-28-19-21-38-32(23-28)31-12-7-11-30-29-10-4-5-13-33(29)44-34(30)31/h4-17,19,21-23H,18,20H2,1-3H3,(H,38,40)(H,39,43)(H,41,42). The summed E-state index contributed by atoms with van der Waals surface area (Å²) in [6.45, 7) is 5.91. The first kappa shape index (κ1) is 29.4. The largest absolute Gasteiger partial charge is 0.455 e. The third-order valence-electron chi connectivity index (χ3n) is 7.15. The van der Waals surface area contributed by atoms with Crippen molar-refractivity contribution in [2.45, 2.75) is 32.8 Å². The Morgan fingerprint density at radius 1 is 0.800 bits per heavy atom. The minimum absolute atomic E-state index is 0.212. The van der Waals surface area contributed by atoms with Crippen molar-refractivity contribution in [1.82, 2.24) is 10.3 Å². The molecule has 0 saturated heterocycles. The molecule has 2 amide bonds. The van der Waals surface area contributed by atoms with E-state index in [1.165, 1.54) is 0 Å². The van der Waals surface area contributed by atoms with Crippen LogP contribution in [-0.4, -0.2) is 29.1 Å². The number of furan rings is 1. The number of amides is 2. The molecule has 0 bridgehead atoms. The number of hydrogen-bond acceptors (Lipinski definition) is 6. The second kappa shape index (κ2) is 12.5. The summed E-state index contributed by atoms with van der Waals surface area (Å²) in [7, 11) is 0. The van der Waals surface area contributed by atoms with Crippen LogP contribution in [0.2, 0.25) is 0 Å². The minimum atomic E-state index is -0.538. The maximum atomic E-state index is 13.0. The number of alkyl carbamates (subject to hydrolysis) is 1. The van der Waals surface area contributed by atoms with Crippen molar-refractivity contribution in [2.24, 2.45) is 0 Å². The lowest BCUT2D eigenvalue weighted by Crippen LogP contribution is -2.33. The Kier molecular flexibility index (Phi) is 8.20. The predicted octanol–water partition coefficient (Wildman–Crippen LogP) is 8.71. The van der Waals surface area contributed by atoms with Crippen molar-refractivity contribution >= 4 is 51.0 Å². The van der Waals surface area contributed by atoms with E-state index in [1.807, 2.05) is 99.6 Å². The van der Waals surface area contributed by atoms with E-state index < -0.39 is 11.7 Å². The zero-order valence-corrected chi connectivity index (χ0v) is 25.4. The van der Waals surface area contributed by atoms with E-state index in [0.717, 1.165) is 50.1 Å². The zero-order chi connectivity index (χ0) is 31.4. The SMILES string of the molecule is CC(C)(C)OC(=O)NCCc1ccc(C(=O)Nc2cccc(Nc3ccnc(-c4cccc5c4oc4ccccc45)c3)c2)cc1. The van der Waals surface area contributed by atoms with Crippen LogP contribution in [0.15, 0.2) is 114 Å². The van der Waals surface area contributed by atoms with Crippen molar-refractivity contribution in [3.63, 3.8) is 0 Å². The van der Waals surface area contributed by atoms with E-state index in [-0.39, 0.29) is 5.91 Å². The van der Waals surface area contributed by atoms with Gasteiger partial charge in [-0.25, -0.2) is 4.79 Å². The van der Waals surface area contributed by atoms with Crippen LogP contribution in [0.3, 0.4) is 0 Å². The van der Waals surface area contributed by atoms with Gasteiger partial charge in [0.05, 0.1) is 5.69 Å². The van der Waals surface area contributed by atoms with Crippen LogP contribution in [0.5, 0.6) is 0 Å². The topological polar surface area (TPSA) is 105 Å². The van der Waals surface area contributed by atoms with Gasteiger partial charge >= 0.3 is 6.09 Å². The first-order chi connectivity index (χ1) is 21.7. The highest BCUT2D eigenvalue weighted by atomic mass is 16.6. The number of pyridine rings is 1. The normalized spacial score (nSPS) is 11.4. The first-order valence-corrected chi connectivity index (χ1v) is 14.8. The number of carbonyl (C=O) groups is 2. The molecule has 0 aliphatic carbocycles. The summed E-state index contributed by atoms with van der Waals surface area (Å²) in [5.74, 6) is -0.212. The van der Waals surface area contributed by atoms with Gasteiger partial charge in [-0.3, -0.25) is 9.78 Å². The predicted molar refractivity (Wildman–Crippen MR) is 179 cm³/mol. The van der Waals surface area contributed by atoms with E-state index in [1.54, 1.807) is 18.3 Å². The Hall–Kier alpha value is -5.63. The van der Waals surface area contributed by atoms with Crippen LogP contribution in [-0.2, 0) is 11.2 Å². The average molecular weight is 599 g/mol. The third kappa shape index (κ3) is 7.13. The zero-order valence-electron chi connectivity index (χ0n) is 25.4. The summed E-state index contributed by atoms with van der Waals surface area (Å²) < 4.78 is 11.5. The maximum Gasteiger partial charge on any atom is 0.407 e. The number of benzene rings is 4. The summed E-state index contributed by atoms with van der Waals surface area (Å²) in [5.41, 5.74) is 6.69. The Balaban J connectivity index is 1.10. The number of nitrogens with one attached hydrogen (secondary N) is 3. The second-order valence-corrected chi connectivity index (χ2v) is 11.7. The van der Waals surface area contributed by atoms with Gasteiger partial charge in [0.1, 0.15) is 16.8 Å². The number of carbonyl (C=O) groups excluding carboxylic acids is 2. The third-order valence-corrected chi connectivity index (χ3v) is 7.15. The van der Waals surface area contributed by atoms with Gasteiger partial charge in [0.25, 0.3) is 5.91 Å². The molecule has 2 heterocycles. The molecule has 6 rings (SSSR count). The van der Waals surface area contributed by atoms with Gasteiger partial charge in [-0.2, -0.15) is 0 Å². The van der Waals surface area contributed by atoms with Crippen molar-refractivity contribution in [2.75, 3.05) is 17.2 Å². The lowest BCUT2D eigenvalue weighted by atomic mass is 10.1. The molecule has 45 heavy (non-hydrogen) atoms. The molecule has 0 aliphatic heterocycles. The van der Waals surface area contributed by atoms with E-state index >= 15 is 0 Å². The van der Waals surface area contributed by atoms with Crippen molar-refractivity contribution in [3.05, 3.63) is 120 Å². The van der Waals surface area contributed by atoms with E-state index in [9.17, 15) is 9.59 Å². The van der Waals surface area contributed by atoms with E-state index in [4.69, 9.17) is 9.15 Å². The smallest absolute Gasteiger partial charge is 0.407 e. The molecule has 226 valence electrons. The highest BCUT2D eigenvalue weighted by Gasteiger charge is 2.16. The van der Waals surface area contributed by atoms with Crippen LogP contribution >= 0.6 is 0 Å². The fourth-order valence-electron chi connectivity index (χ4n) is 5.09. The monoisotopic (exact) mass is 598 g/mol. The lowest BCUT2D eigenvalue weighted by molar-refractivity contribution is 0.0528. The average Bonchev–Trinajstić information content (AvgIpc) is 3.40. The van der Waals surface area contributed by atoms with Gasteiger partial charge < -0.3 is 25.1 Å². The highest BCUT2D eigenvalue weighted by molar-refractivity contribution is 6.09. The maximum absolute atomic E-state index is 13.0. The van der Waals surface area contributed by atoms with Gasteiger partial charge in [0.15, 0.2) is 0 Å². The number of hydrogen-bond donors (Lipinski definition) is 3. The van der Waals surface area contributed by atoms with Gasteiger partial charge in [-0.1, -0.05) is 48.5 Å². The molecular formula is C37H34N4O4. The molecule has 0 fully saturated rings. The molecule has 3 N–H and O–H groups in total. The van der Waals surface area contributed by atoms with E-state index in [0.29, 0.717) is 24.2 Å². The molecule has 0 spiro atoms. The fourth-order valence-corrected chi connectivity index (χ4v) is 5.09. The minimum Gasteiger partial charge on any atom is -0.455 e. The van der Waals surface area contributed by atoms with Crippen LogP contribution in [0.4, 0.5) is 21.9 Å². The van der Waals surface area contributed by atoms with Crippen LogP contribution in [0.25, 0.3) is 33.2 Å². The van der Waals surface area contributed by atoms with Crippen molar-refractivity contribution in [1.29, 1.82) is 0 Å². The Morgan fingerprint density at radius 3 is 2.36 bits per heavy atom. The van der Waals surface area contributed by atoms with Crippen molar-refractivity contribution < 1.29 is 18.7 Å². The molecule has 0 unspecified atom stereocenters. The summed E-state index contributed by atoms with van der Waals surface area (Å²) in [5, 5.41) is 11.3. The number of fused-ring (bicyclic) bond motifs is 3. The number of rotatable bonds is 8. The number of nitrogens with zero attached hydrogens (tertiary/aromatic N) is 1. The molecule has 2 aromatic heterocycles. The molecule has 0 atom stereocenters. The summed E-state index contributed by atoms with van der Waals surface area (Å²) in [6, 6.07) is 32.9. The molecular weight excluding hydrogens is 564 g/mol. The van der Waals surface area contributed by atoms with Crippen LogP contribution in [0.1, 0.15) is 36.7 Å². The fraction of sp³-hybridized carbons (Fsp3) is 0.162. The van der Waals surface area contributed by atoms with Crippen LogP contribution < -0.4 is 16.0 Å². The Bertz CT molecular complexity index is 1990. The van der Waals surface area contributed by atoms with Gasteiger partial charge in [-0.05, 0) is 87.4 Å². The summed E-state index contributed by atoms with van der Waals surface area (Å²) >= 11 is 0. The molecule has 8 heteroatoms. The number of anilines is 3. The Morgan fingerprint density at radius 2 is 1.53 bits per heavy atom. The lowest BCUT2D eigenvalue weighted by Gasteiger charge is -2.19. The first-order valence-electron chi connectivity index (χ1n) is 14.8. The number of para-hydroxylation sites is 2. The highest BCUT2D eigenvalue weighted by Crippen LogP contribution is 2.35. The van der Waals surface area contributed by atoms with Gasteiger partial charge in [0.2, 0.25) is 0 Å². The van der Waals surface area contributed by atoms with Gasteiger partial charge in [0, 0.05) is 51.7 Å². The molecule has 0 radical (unpaired) electrons. The van der Waals surface area contributed by atoms with Gasteiger partial charge in [-0.15, -0.1) is 0 Å². The Labute approximate surface area is 261 Å². The summed E-state index contributed by atoms with van der Waals surface area (Å²) in [6.07, 6.45) is 1.95. The number of aromatic nitrogens is 1. The molecule has 8 nitrogen and oxygen atoms in total.